The number of nitrogens with zero attached hydrogens (tertiary/aromatic N) is 3. The Labute approximate surface area is 162 Å². The van der Waals surface area contributed by atoms with Gasteiger partial charge in [0, 0.05) is 44.3 Å². The molecule has 8 nitrogen and oxygen atoms in total. The van der Waals surface area contributed by atoms with Crippen LogP contribution in [0.25, 0.3) is 0 Å². The lowest BCUT2D eigenvalue weighted by atomic mass is 9.96. The number of carbonyl (C=O) groups is 2. The summed E-state index contributed by atoms with van der Waals surface area (Å²) in [6.45, 7) is 4.04. The Morgan fingerprint density at radius 2 is 1.82 bits per heavy atom. The van der Waals surface area contributed by atoms with Crippen LogP contribution in [0.2, 0.25) is 0 Å². The fraction of sp³-hybridized carbons (Fsp3) is 0.500. The van der Waals surface area contributed by atoms with Gasteiger partial charge in [-0.1, -0.05) is 0 Å². The Hall–Kier alpha value is -2.90. The maximum atomic E-state index is 12.5. The molecule has 3 heterocycles. The molecule has 0 bridgehead atoms. The van der Waals surface area contributed by atoms with Gasteiger partial charge in [-0.2, -0.15) is 0 Å². The molecule has 1 aromatic carbocycles. The van der Waals surface area contributed by atoms with Gasteiger partial charge in [0.1, 0.15) is 13.2 Å². The Morgan fingerprint density at radius 1 is 1.07 bits per heavy atom. The summed E-state index contributed by atoms with van der Waals surface area (Å²) in [7, 11) is 0. The number of aryl methyl sites for hydroxylation is 1. The Kier molecular flexibility index (Phi) is 5.27. The molecule has 0 saturated carbocycles. The molecule has 1 amide bonds. The van der Waals surface area contributed by atoms with Gasteiger partial charge in [0.2, 0.25) is 17.7 Å². The van der Waals surface area contributed by atoms with Crippen molar-refractivity contribution in [2.75, 3.05) is 26.3 Å². The lowest BCUT2D eigenvalue weighted by molar-refractivity contribution is -0.132. The van der Waals surface area contributed by atoms with E-state index in [1.165, 1.54) is 0 Å². The van der Waals surface area contributed by atoms with Gasteiger partial charge in [-0.15, -0.1) is 10.2 Å². The van der Waals surface area contributed by atoms with Crippen LogP contribution in [0.15, 0.2) is 22.6 Å². The monoisotopic (exact) mass is 385 g/mol. The number of piperidine rings is 1. The zero-order chi connectivity index (χ0) is 19.5. The number of Topliss-reactive ketones (excluding diaryl/α,β-unsaturated/α-hetero) is 1. The van der Waals surface area contributed by atoms with Crippen molar-refractivity contribution in [2.24, 2.45) is 0 Å². The molecule has 0 aliphatic carbocycles. The molecule has 0 spiro atoms. The number of likely N-dealkylation sites (tertiary alicyclic amines) is 1. The van der Waals surface area contributed by atoms with Crippen LogP contribution in [0.1, 0.15) is 53.7 Å². The lowest BCUT2D eigenvalue weighted by Crippen LogP contribution is -2.38. The number of carbonyl (C=O) groups excluding carboxylic acids is 2. The van der Waals surface area contributed by atoms with Crippen molar-refractivity contribution in [1.29, 1.82) is 0 Å². The minimum Gasteiger partial charge on any atom is -0.486 e. The molecule has 1 saturated heterocycles. The average molecular weight is 385 g/mol. The van der Waals surface area contributed by atoms with Crippen molar-refractivity contribution in [1.82, 2.24) is 15.1 Å². The van der Waals surface area contributed by atoms with Crippen molar-refractivity contribution in [2.45, 2.75) is 38.5 Å². The van der Waals surface area contributed by atoms with E-state index in [1.54, 1.807) is 25.1 Å². The third-order valence-electron chi connectivity index (χ3n) is 5.17. The zero-order valence-electron chi connectivity index (χ0n) is 15.8. The van der Waals surface area contributed by atoms with Crippen LogP contribution in [0.5, 0.6) is 11.5 Å². The highest BCUT2D eigenvalue weighted by Crippen LogP contribution is 2.31. The summed E-state index contributed by atoms with van der Waals surface area (Å²) < 4.78 is 16.5. The number of amides is 1. The minimum absolute atomic E-state index is 0.00560. The molecule has 0 radical (unpaired) electrons. The first-order chi connectivity index (χ1) is 13.6. The van der Waals surface area contributed by atoms with Gasteiger partial charge in [-0.25, -0.2) is 0 Å². The van der Waals surface area contributed by atoms with E-state index in [2.05, 4.69) is 10.2 Å². The molecule has 4 rings (SSSR count). The summed E-state index contributed by atoms with van der Waals surface area (Å²) in [5.41, 5.74) is 0.544. The number of aromatic nitrogens is 2. The summed E-state index contributed by atoms with van der Waals surface area (Å²) in [5, 5.41) is 7.95. The van der Waals surface area contributed by atoms with Crippen LogP contribution in [0.4, 0.5) is 0 Å². The second kappa shape index (κ2) is 8.00. The number of ketones is 1. The second-order valence-electron chi connectivity index (χ2n) is 7.10. The summed E-state index contributed by atoms with van der Waals surface area (Å²) in [4.78, 5) is 26.8. The van der Waals surface area contributed by atoms with Crippen molar-refractivity contribution in [3.63, 3.8) is 0 Å². The molecule has 0 atom stereocenters. The zero-order valence-corrected chi connectivity index (χ0v) is 15.8. The Balaban J connectivity index is 1.27. The van der Waals surface area contributed by atoms with Crippen LogP contribution < -0.4 is 9.47 Å². The molecule has 2 aliphatic heterocycles. The summed E-state index contributed by atoms with van der Waals surface area (Å²) in [5.74, 6) is 2.58. The van der Waals surface area contributed by atoms with E-state index in [1.807, 2.05) is 4.90 Å². The summed E-state index contributed by atoms with van der Waals surface area (Å²) in [6.07, 6.45) is 1.98. The number of hydrogen-bond acceptors (Lipinski definition) is 7. The van der Waals surface area contributed by atoms with Crippen molar-refractivity contribution < 1.29 is 23.5 Å². The normalized spacial score (nSPS) is 16.8. The number of fused-ring (bicyclic) bond motifs is 1. The van der Waals surface area contributed by atoms with E-state index in [0.717, 1.165) is 12.8 Å². The third-order valence-corrected chi connectivity index (χ3v) is 5.17. The molecular formula is C20H23N3O5. The van der Waals surface area contributed by atoms with E-state index in [-0.39, 0.29) is 30.4 Å². The molecular weight excluding hydrogens is 362 g/mol. The Bertz CT molecular complexity index is 870. The predicted octanol–water partition coefficient (Wildman–Crippen LogP) is 2.52. The maximum absolute atomic E-state index is 12.5. The predicted molar refractivity (Wildman–Crippen MR) is 98.6 cm³/mol. The maximum Gasteiger partial charge on any atom is 0.223 e. The lowest BCUT2D eigenvalue weighted by Gasteiger charge is -2.30. The molecule has 148 valence electrons. The van der Waals surface area contributed by atoms with Gasteiger partial charge in [0.25, 0.3) is 0 Å². The average Bonchev–Trinajstić information content (AvgIpc) is 3.17. The minimum atomic E-state index is -0.0680. The standard InChI is InChI=1S/C20H23N3O5/c1-13-21-22-20(28-13)14-6-8-23(9-7-14)19(25)5-3-16(24)15-2-4-17-18(12-15)27-11-10-26-17/h2,4,12,14H,3,5-11H2,1H3. The number of rotatable bonds is 5. The number of hydrogen-bond donors (Lipinski definition) is 0. The van der Waals surface area contributed by atoms with E-state index in [9.17, 15) is 9.59 Å². The largest absolute Gasteiger partial charge is 0.486 e. The molecule has 2 aromatic rings. The van der Waals surface area contributed by atoms with Gasteiger partial charge < -0.3 is 18.8 Å². The first-order valence-corrected chi connectivity index (χ1v) is 9.61. The molecule has 0 N–H and O–H groups in total. The van der Waals surface area contributed by atoms with Crippen LogP contribution >= 0.6 is 0 Å². The van der Waals surface area contributed by atoms with E-state index in [0.29, 0.717) is 55.1 Å². The fourth-order valence-corrected chi connectivity index (χ4v) is 3.59. The van der Waals surface area contributed by atoms with Crippen LogP contribution in [0, 0.1) is 6.92 Å². The second-order valence-corrected chi connectivity index (χ2v) is 7.10. The first-order valence-electron chi connectivity index (χ1n) is 9.61. The number of ether oxygens (including phenoxy) is 2. The molecule has 1 aromatic heterocycles. The molecule has 2 aliphatic rings. The van der Waals surface area contributed by atoms with Crippen LogP contribution in [-0.2, 0) is 4.79 Å². The highest BCUT2D eigenvalue weighted by Gasteiger charge is 2.27. The molecule has 1 fully saturated rings. The molecule has 28 heavy (non-hydrogen) atoms. The molecule has 8 heteroatoms. The van der Waals surface area contributed by atoms with Crippen molar-refractivity contribution in [3.05, 3.63) is 35.5 Å². The topological polar surface area (TPSA) is 94.8 Å². The SMILES string of the molecule is Cc1nnc(C2CCN(C(=O)CCC(=O)c3ccc4c(c3)OCCO4)CC2)o1. The summed E-state index contributed by atoms with van der Waals surface area (Å²) >= 11 is 0. The highest BCUT2D eigenvalue weighted by atomic mass is 16.6. The first kappa shape index (κ1) is 18.5. The summed E-state index contributed by atoms with van der Waals surface area (Å²) in [6, 6.07) is 5.16. The van der Waals surface area contributed by atoms with Gasteiger partial charge in [0.15, 0.2) is 17.3 Å². The van der Waals surface area contributed by atoms with Gasteiger partial charge >= 0.3 is 0 Å². The number of benzene rings is 1. The van der Waals surface area contributed by atoms with Gasteiger partial charge in [-0.3, -0.25) is 9.59 Å². The van der Waals surface area contributed by atoms with E-state index < -0.39 is 0 Å². The fourth-order valence-electron chi connectivity index (χ4n) is 3.59. The molecule has 0 unspecified atom stereocenters. The quantitative estimate of drug-likeness (QED) is 0.730. The Morgan fingerprint density at radius 3 is 2.54 bits per heavy atom. The van der Waals surface area contributed by atoms with Crippen LogP contribution in [-0.4, -0.2) is 53.1 Å². The highest BCUT2D eigenvalue weighted by molar-refractivity contribution is 5.98. The van der Waals surface area contributed by atoms with E-state index >= 15 is 0 Å². The van der Waals surface area contributed by atoms with Gasteiger partial charge in [0.05, 0.1) is 0 Å². The van der Waals surface area contributed by atoms with Crippen LogP contribution in [0.3, 0.4) is 0 Å². The van der Waals surface area contributed by atoms with Gasteiger partial charge in [-0.05, 0) is 31.0 Å². The third kappa shape index (κ3) is 4.00. The smallest absolute Gasteiger partial charge is 0.223 e. The van der Waals surface area contributed by atoms with Crippen molar-refractivity contribution in [3.8, 4) is 11.5 Å². The van der Waals surface area contributed by atoms with E-state index in [4.69, 9.17) is 13.9 Å². The van der Waals surface area contributed by atoms with Crippen molar-refractivity contribution >= 4 is 11.7 Å².